The van der Waals surface area contributed by atoms with E-state index in [1.807, 2.05) is 0 Å². The number of anilines is 3. The number of rotatable bonds is 5. The Balaban J connectivity index is 1.87. The minimum Gasteiger partial charge on any atom is -0.338 e. The second-order valence-electron chi connectivity index (χ2n) is 6.43. The van der Waals surface area contributed by atoms with Crippen LogP contribution >= 0.6 is 0 Å². The van der Waals surface area contributed by atoms with Gasteiger partial charge in [-0.25, -0.2) is 22.9 Å². The molecule has 0 bridgehead atoms. The van der Waals surface area contributed by atoms with Gasteiger partial charge >= 0.3 is 6.18 Å². The van der Waals surface area contributed by atoms with Crippen LogP contribution in [0.2, 0.25) is 0 Å². The molecular formula is C19H14F4N6O2S. The lowest BCUT2D eigenvalue weighted by molar-refractivity contribution is -0.0896. The summed E-state index contributed by atoms with van der Waals surface area (Å²) in [4.78, 5) is 7.44. The van der Waals surface area contributed by atoms with Crippen LogP contribution in [0.5, 0.6) is 0 Å². The lowest BCUT2D eigenvalue weighted by Gasteiger charge is -2.20. The van der Waals surface area contributed by atoms with Crippen LogP contribution in [0.15, 0.2) is 70.4 Å². The number of hydrogen-bond acceptors (Lipinski definition) is 7. The van der Waals surface area contributed by atoms with Crippen molar-refractivity contribution in [1.82, 2.24) is 9.97 Å². The SMILES string of the molecule is N#CC=C1CC=C(Nc2nc(Nc3cccc(S(N)(=O)=O)c3)ncc2F)C=C1C(F)(F)F. The molecule has 13 heteroatoms. The van der Waals surface area contributed by atoms with Crippen LogP contribution in [-0.2, 0) is 10.0 Å². The molecule has 1 aromatic heterocycles. The van der Waals surface area contributed by atoms with E-state index in [0.717, 1.165) is 18.3 Å². The van der Waals surface area contributed by atoms with Crippen LogP contribution in [0.25, 0.3) is 0 Å². The van der Waals surface area contributed by atoms with E-state index in [-0.39, 0.29) is 34.2 Å². The van der Waals surface area contributed by atoms with Crippen LogP contribution in [0.3, 0.4) is 0 Å². The fourth-order valence-electron chi connectivity index (χ4n) is 2.73. The Morgan fingerprint density at radius 3 is 2.66 bits per heavy atom. The number of primary sulfonamides is 1. The first-order valence-corrected chi connectivity index (χ1v) is 10.3. The second-order valence-corrected chi connectivity index (χ2v) is 7.99. The molecule has 0 atom stereocenters. The molecule has 2 aromatic rings. The van der Waals surface area contributed by atoms with Gasteiger partial charge in [-0.15, -0.1) is 0 Å². The van der Waals surface area contributed by atoms with Crippen LogP contribution < -0.4 is 15.8 Å². The molecule has 0 radical (unpaired) electrons. The van der Waals surface area contributed by atoms with E-state index in [9.17, 15) is 26.0 Å². The third-order valence-corrected chi connectivity index (χ3v) is 5.07. The maximum absolute atomic E-state index is 14.2. The van der Waals surface area contributed by atoms with E-state index in [4.69, 9.17) is 10.4 Å². The molecule has 0 aliphatic heterocycles. The van der Waals surface area contributed by atoms with Crippen LogP contribution in [-0.4, -0.2) is 24.6 Å². The number of halogens is 4. The lowest BCUT2D eigenvalue weighted by atomic mass is 9.96. The molecule has 1 heterocycles. The highest BCUT2D eigenvalue weighted by atomic mass is 32.2. The van der Waals surface area contributed by atoms with Gasteiger partial charge in [-0.1, -0.05) is 12.1 Å². The Kier molecular flexibility index (Phi) is 6.28. The third kappa shape index (κ3) is 5.48. The van der Waals surface area contributed by atoms with Gasteiger partial charge in [-0.05, 0) is 36.3 Å². The number of nitrogens with zero attached hydrogens (tertiary/aromatic N) is 3. The fraction of sp³-hybridized carbons (Fsp3) is 0.105. The maximum Gasteiger partial charge on any atom is 0.416 e. The van der Waals surface area contributed by atoms with Gasteiger partial charge in [0.05, 0.1) is 22.7 Å². The van der Waals surface area contributed by atoms with Gasteiger partial charge in [0.2, 0.25) is 16.0 Å². The predicted octanol–water partition coefficient (Wildman–Crippen LogP) is 3.64. The summed E-state index contributed by atoms with van der Waals surface area (Å²) in [6, 6.07) is 6.95. The first kappa shape index (κ1) is 22.9. The molecule has 32 heavy (non-hydrogen) atoms. The smallest absolute Gasteiger partial charge is 0.338 e. The highest BCUT2D eigenvalue weighted by Gasteiger charge is 2.37. The van der Waals surface area contributed by atoms with Gasteiger partial charge in [0, 0.05) is 17.5 Å². The van der Waals surface area contributed by atoms with Crippen molar-refractivity contribution in [3.8, 4) is 6.07 Å². The van der Waals surface area contributed by atoms with Crippen molar-refractivity contribution in [2.75, 3.05) is 10.6 Å². The number of nitrogens with one attached hydrogen (secondary N) is 2. The van der Waals surface area contributed by atoms with Crippen molar-refractivity contribution in [3.05, 3.63) is 71.4 Å². The molecule has 0 amide bonds. The third-order valence-electron chi connectivity index (χ3n) is 4.16. The summed E-state index contributed by atoms with van der Waals surface area (Å²) < 4.78 is 77.0. The summed E-state index contributed by atoms with van der Waals surface area (Å²) in [6.45, 7) is 0. The highest BCUT2D eigenvalue weighted by molar-refractivity contribution is 7.89. The average Bonchev–Trinajstić information content (AvgIpc) is 2.70. The Hall–Kier alpha value is -3.76. The minimum atomic E-state index is -4.71. The molecule has 0 saturated heterocycles. The normalized spacial score (nSPS) is 15.6. The standard InChI is InChI=1S/C19H14F4N6O2S/c20-16-10-26-18(28-12-2-1-3-14(8-12)32(25,30)31)29-17(16)27-13-5-4-11(6-7-24)15(9-13)19(21,22)23/h1-3,5-6,8-10H,4H2,(H2,25,30,31)(H2,26,27,28,29). The lowest BCUT2D eigenvalue weighted by Crippen LogP contribution is -2.18. The molecule has 1 aliphatic carbocycles. The first-order valence-electron chi connectivity index (χ1n) is 8.75. The zero-order valence-corrected chi connectivity index (χ0v) is 16.8. The summed E-state index contributed by atoms with van der Waals surface area (Å²) >= 11 is 0. The van der Waals surface area contributed by atoms with Crippen LogP contribution in [0, 0.1) is 17.1 Å². The number of aromatic nitrogens is 2. The van der Waals surface area contributed by atoms with Crippen molar-refractivity contribution >= 4 is 27.5 Å². The summed E-state index contributed by atoms with van der Waals surface area (Å²) in [5.41, 5.74) is -1.09. The Bertz CT molecular complexity index is 1290. The maximum atomic E-state index is 14.2. The zero-order chi connectivity index (χ0) is 23.5. The Labute approximate surface area is 179 Å². The van der Waals surface area contributed by atoms with Crippen molar-refractivity contribution in [1.29, 1.82) is 5.26 Å². The molecule has 166 valence electrons. The van der Waals surface area contributed by atoms with Crippen molar-refractivity contribution < 1.29 is 26.0 Å². The summed E-state index contributed by atoms with van der Waals surface area (Å²) in [5, 5.41) is 18.9. The van der Waals surface area contributed by atoms with Crippen molar-refractivity contribution in [2.45, 2.75) is 17.5 Å². The number of allylic oxidation sites excluding steroid dienone is 5. The van der Waals surface area contributed by atoms with E-state index in [0.29, 0.717) is 0 Å². The summed E-state index contributed by atoms with van der Waals surface area (Å²) in [6.07, 6.45) is -1.22. The fourth-order valence-corrected chi connectivity index (χ4v) is 3.29. The highest BCUT2D eigenvalue weighted by Crippen LogP contribution is 2.36. The van der Waals surface area contributed by atoms with E-state index in [1.54, 1.807) is 6.07 Å². The van der Waals surface area contributed by atoms with Crippen molar-refractivity contribution in [2.24, 2.45) is 5.14 Å². The molecule has 4 N–H and O–H groups in total. The number of benzene rings is 1. The van der Waals surface area contributed by atoms with Gasteiger partial charge < -0.3 is 10.6 Å². The average molecular weight is 466 g/mol. The van der Waals surface area contributed by atoms with E-state index < -0.39 is 33.4 Å². The Morgan fingerprint density at radius 2 is 2.00 bits per heavy atom. The number of nitrogens with two attached hydrogens (primary N) is 1. The molecule has 0 unspecified atom stereocenters. The quantitative estimate of drug-likeness (QED) is 0.452. The zero-order valence-electron chi connectivity index (χ0n) is 16.0. The summed E-state index contributed by atoms with van der Waals surface area (Å²) in [5.74, 6) is -1.50. The molecule has 0 fully saturated rings. The van der Waals surface area contributed by atoms with E-state index in [2.05, 4.69) is 20.6 Å². The molecule has 0 spiro atoms. The minimum absolute atomic E-state index is 0.0767. The van der Waals surface area contributed by atoms with E-state index >= 15 is 0 Å². The second kappa shape index (κ2) is 8.77. The Morgan fingerprint density at radius 1 is 1.25 bits per heavy atom. The van der Waals surface area contributed by atoms with Crippen LogP contribution in [0.1, 0.15) is 6.42 Å². The molecule has 3 rings (SSSR count). The number of hydrogen-bond donors (Lipinski definition) is 3. The van der Waals surface area contributed by atoms with Gasteiger partial charge in [-0.2, -0.15) is 23.4 Å². The molecule has 1 aliphatic rings. The van der Waals surface area contributed by atoms with Gasteiger partial charge in [-0.3, -0.25) is 0 Å². The molecule has 1 aromatic carbocycles. The van der Waals surface area contributed by atoms with Gasteiger partial charge in [0.25, 0.3) is 0 Å². The van der Waals surface area contributed by atoms with E-state index in [1.165, 1.54) is 30.3 Å². The summed E-state index contributed by atoms with van der Waals surface area (Å²) in [7, 11) is -3.96. The van der Waals surface area contributed by atoms with Gasteiger partial charge in [0.1, 0.15) is 0 Å². The van der Waals surface area contributed by atoms with Crippen molar-refractivity contribution in [3.63, 3.8) is 0 Å². The largest absolute Gasteiger partial charge is 0.416 e. The van der Waals surface area contributed by atoms with Crippen LogP contribution in [0.4, 0.5) is 35.0 Å². The number of sulfonamides is 1. The first-order chi connectivity index (χ1) is 15.0. The predicted molar refractivity (Wildman–Crippen MR) is 107 cm³/mol. The monoisotopic (exact) mass is 466 g/mol. The number of nitriles is 1. The molecule has 0 saturated carbocycles. The molecule has 8 nitrogen and oxygen atoms in total. The topological polar surface area (TPSA) is 134 Å². The molecular weight excluding hydrogens is 452 g/mol. The van der Waals surface area contributed by atoms with Gasteiger partial charge in [0.15, 0.2) is 11.6 Å². The number of alkyl halides is 3.